The van der Waals surface area contributed by atoms with Crippen molar-refractivity contribution in [1.82, 2.24) is 10.2 Å². The predicted molar refractivity (Wildman–Crippen MR) is 72.2 cm³/mol. The van der Waals surface area contributed by atoms with Crippen molar-refractivity contribution in [1.29, 1.82) is 0 Å². The lowest BCUT2D eigenvalue weighted by Gasteiger charge is -2.34. The maximum atomic E-state index is 12.7. The molecule has 3 rings (SSSR count). The van der Waals surface area contributed by atoms with Crippen LogP contribution in [0.4, 0.5) is 0 Å². The molecule has 102 valence electrons. The van der Waals surface area contributed by atoms with E-state index < -0.39 is 0 Å². The van der Waals surface area contributed by atoms with Gasteiger partial charge in [0.2, 0.25) is 5.91 Å². The number of amides is 1. The Morgan fingerprint density at radius 2 is 1.89 bits per heavy atom. The zero-order valence-electron chi connectivity index (χ0n) is 11.5. The summed E-state index contributed by atoms with van der Waals surface area (Å²) in [6.07, 6.45) is 7.72. The first-order chi connectivity index (χ1) is 8.83. The van der Waals surface area contributed by atoms with Crippen molar-refractivity contribution >= 4 is 5.91 Å². The molecule has 3 unspecified atom stereocenters. The molecule has 3 fully saturated rings. The van der Waals surface area contributed by atoms with Crippen LogP contribution in [0.1, 0.15) is 45.4 Å². The number of nitrogens with zero attached hydrogens (tertiary/aromatic N) is 1. The van der Waals surface area contributed by atoms with E-state index in [1.807, 2.05) is 0 Å². The average Bonchev–Trinajstić information content (AvgIpc) is 3.15. The summed E-state index contributed by atoms with van der Waals surface area (Å²) in [5.74, 6) is 2.37. The van der Waals surface area contributed by atoms with E-state index in [1.54, 1.807) is 0 Å². The van der Waals surface area contributed by atoms with Crippen LogP contribution in [0.3, 0.4) is 0 Å². The van der Waals surface area contributed by atoms with Crippen molar-refractivity contribution in [3.05, 3.63) is 0 Å². The van der Waals surface area contributed by atoms with Gasteiger partial charge in [0, 0.05) is 25.0 Å². The molecule has 1 heterocycles. The van der Waals surface area contributed by atoms with E-state index in [0.717, 1.165) is 31.5 Å². The molecule has 0 radical (unpaired) electrons. The first-order valence-corrected chi connectivity index (χ1v) is 7.84. The van der Waals surface area contributed by atoms with Crippen molar-refractivity contribution in [2.75, 3.05) is 19.6 Å². The number of carbonyl (C=O) groups is 1. The average molecular weight is 250 g/mol. The van der Waals surface area contributed by atoms with Crippen molar-refractivity contribution < 1.29 is 4.79 Å². The molecule has 0 aromatic carbocycles. The minimum atomic E-state index is 0.398. The van der Waals surface area contributed by atoms with E-state index in [-0.39, 0.29) is 0 Å². The van der Waals surface area contributed by atoms with Gasteiger partial charge >= 0.3 is 0 Å². The summed E-state index contributed by atoms with van der Waals surface area (Å²) in [7, 11) is 0. The van der Waals surface area contributed by atoms with Crippen LogP contribution in [-0.2, 0) is 4.79 Å². The molecule has 2 aliphatic carbocycles. The number of nitrogens with one attached hydrogen (secondary N) is 1. The molecule has 3 heteroatoms. The highest BCUT2D eigenvalue weighted by atomic mass is 16.2. The Bertz CT molecular complexity index is 300. The third-order valence-corrected chi connectivity index (χ3v) is 5.28. The lowest BCUT2D eigenvalue weighted by Crippen LogP contribution is -2.49. The van der Waals surface area contributed by atoms with Crippen molar-refractivity contribution in [3.63, 3.8) is 0 Å². The fourth-order valence-electron chi connectivity index (χ4n) is 4.24. The normalized spacial score (nSPS) is 38.9. The highest BCUT2D eigenvalue weighted by molar-refractivity contribution is 5.82. The summed E-state index contributed by atoms with van der Waals surface area (Å²) in [5, 5.41) is 3.43. The highest BCUT2D eigenvalue weighted by Crippen LogP contribution is 2.56. The monoisotopic (exact) mass is 250 g/mol. The van der Waals surface area contributed by atoms with Gasteiger partial charge in [0.1, 0.15) is 0 Å². The number of rotatable bonds is 3. The Labute approximate surface area is 110 Å². The summed E-state index contributed by atoms with van der Waals surface area (Å²) < 4.78 is 0. The van der Waals surface area contributed by atoms with Gasteiger partial charge in [-0.15, -0.1) is 0 Å². The minimum Gasteiger partial charge on any atom is -0.338 e. The van der Waals surface area contributed by atoms with Crippen LogP contribution in [0.2, 0.25) is 0 Å². The second-order valence-corrected chi connectivity index (χ2v) is 6.26. The SMILES string of the molecule is CCN(C(=O)C1C2CCCCC21)C1CCCNC1. The van der Waals surface area contributed by atoms with Crippen LogP contribution in [0, 0.1) is 17.8 Å². The van der Waals surface area contributed by atoms with Gasteiger partial charge in [-0.2, -0.15) is 0 Å². The second-order valence-electron chi connectivity index (χ2n) is 6.26. The first-order valence-electron chi connectivity index (χ1n) is 7.84. The molecule has 0 spiro atoms. The molecular weight excluding hydrogens is 224 g/mol. The number of hydrogen-bond donors (Lipinski definition) is 1. The van der Waals surface area contributed by atoms with Gasteiger partial charge in [0.25, 0.3) is 0 Å². The Balaban J connectivity index is 1.62. The number of carbonyl (C=O) groups excluding carboxylic acids is 1. The van der Waals surface area contributed by atoms with Gasteiger partial charge in [-0.25, -0.2) is 0 Å². The summed E-state index contributed by atoms with van der Waals surface area (Å²) >= 11 is 0. The van der Waals surface area contributed by atoms with Gasteiger partial charge in [-0.05, 0) is 51.0 Å². The fourth-order valence-corrected chi connectivity index (χ4v) is 4.24. The van der Waals surface area contributed by atoms with Crippen LogP contribution in [0.25, 0.3) is 0 Å². The van der Waals surface area contributed by atoms with Gasteiger partial charge in [-0.3, -0.25) is 4.79 Å². The van der Waals surface area contributed by atoms with Crippen molar-refractivity contribution in [2.45, 2.75) is 51.5 Å². The third kappa shape index (κ3) is 2.18. The smallest absolute Gasteiger partial charge is 0.226 e. The molecule has 18 heavy (non-hydrogen) atoms. The maximum absolute atomic E-state index is 12.7. The molecule has 3 nitrogen and oxygen atoms in total. The number of hydrogen-bond acceptors (Lipinski definition) is 2. The summed E-state index contributed by atoms with van der Waals surface area (Å²) in [5.41, 5.74) is 0. The van der Waals surface area contributed by atoms with E-state index in [9.17, 15) is 4.79 Å². The van der Waals surface area contributed by atoms with Gasteiger partial charge in [0.15, 0.2) is 0 Å². The maximum Gasteiger partial charge on any atom is 0.226 e. The van der Waals surface area contributed by atoms with Gasteiger partial charge < -0.3 is 10.2 Å². The summed E-state index contributed by atoms with van der Waals surface area (Å²) in [6.45, 7) is 5.15. The van der Waals surface area contributed by atoms with Crippen LogP contribution >= 0.6 is 0 Å². The topological polar surface area (TPSA) is 32.3 Å². The third-order valence-electron chi connectivity index (χ3n) is 5.28. The number of likely N-dealkylation sites (N-methyl/N-ethyl adjacent to an activating group) is 1. The second kappa shape index (κ2) is 5.20. The molecule has 1 aliphatic heterocycles. The molecule has 0 aromatic heterocycles. The highest BCUT2D eigenvalue weighted by Gasteiger charge is 2.56. The quantitative estimate of drug-likeness (QED) is 0.831. The van der Waals surface area contributed by atoms with Crippen LogP contribution < -0.4 is 5.32 Å². The fraction of sp³-hybridized carbons (Fsp3) is 0.933. The molecule has 1 saturated heterocycles. The van der Waals surface area contributed by atoms with Gasteiger partial charge in [-0.1, -0.05) is 12.8 Å². The summed E-state index contributed by atoms with van der Waals surface area (Å²) in [4.78, 5) is 14.9. The Hall–Kier alpha value is -0.570. The van der Waals surface area contributed by atoms with Crippen LogP contribution in [0.15, 0.2) is 0 Å². The lowest BCUT2D eigenvalue weighted by molar-refractivity contribution is -0.135. The molecule has 1 amide bonds. The molecule has 3 aliphatic rings. The van der Waals surface area contributed by atoms with Crippen LogP contribution in [-0.4, -0.2) is 36.5 Å². The van der Waals surface area contributed by atoms with E-state index in [0.29, 0.717) is 17.9 Å². The molecule has 0 bridgehead atoms. The first kappa shape index (κ1) is 12.5. The Morgan fingerprint density at radius 3 is 2.44 bits per heavy atom. The van der Waals surface area contributed by atoms with Crippen molar-refractivity contribution in [2.24, 2.45) is 17.8 Å². The standard InChI is InChI=1S/C15H26N2O/c1-2-17(11-6-5-9-16-10-11)15(18)14-12-7-3-4-8-13(12)14/h11-14,16H,2-10H2,1H3. The molecule has 0 aromatic rings. The van der Waals surface area contributed by atoms with Crippen LogP contribution in [0.5, 0.6) is 0 Å². The zero-order valence-corrected chi connectivity index (χ0v) is 11.5. The van der Waals surface area contributed by atoms with E-state index in [4.69, 9.17) is 0 Å². The molecule has 1 N–H and O–H groups in total. The van der Waals surface area contributed by atoms with Crippen molar-refractivity contribution in [3.8, 4) is 0 Å². The largest absolute Gasteiger partial charge is 0.338 e. The Morgan fingerprint density at radius 1 is 1.17 bits per heavy atom. The lowest BCUT2D eigenvalue weighted by atomic mass is 10.0. The zero-order chi connectivity index (χ0) is 12.5. The number of piperidine rings is 1. The summed E-state index contributed by atoms with van der Waals surface area (Å²) in [6, 6.07) is 0.457. The Kier molecular flexibility index (Phi) is 3.60. The molecule has 3 atom stereocenters. The molecule has 2 saturated carbocycles. The predicted octanol–water partition coefficient (Wildman–Crippen LogP) is 2.02. The van der Waals surface area contributed by atoms with E-state index in [2.05, 4.69) is 17.1 Å². The van der Waals surface area contributed by atoms with E-state index >= 15 is 0 Å². The number of fused-ring (bicyclic) bond motifs is 1. The van der Waals surface area contributed by atoms with Gasteiger partial charge in [0.05, 0.1) is 0 Å². The van der Waals surface area contributed by atoms with E-state index in [1.165, 1.54) is 38.5 Å². The molecular formula is C15H26N2O. The minimum absolute atomic E-state index is 0.398.